The molecule has 0 aliphatic heterocycles. The highest BCUT2D eigenvalue weighted by Gasteiger charge is 2.08. The van der Waals surface area contributed by atoms with Crippen LogP contribution >= 0.6 is 0 Å². The van der Waals surface area contributed by atoms with Crippen molar-refractivity contribution in [2.75, 3.05) is 0 Å². The molecule has 0 radical (unpaired) electrons. The first-order valence-electron chi connectivity index (χ1n) is 5.80. The van der Waals surface area contributed by atoms with Gasteiger partial charge in [-0.3, -0.25) is 4.79 Å². The topological polar surface area (TPSA) is 17.1 Å². The van der Waals surface area contributed by atoms with E-state index >= 15 is 0 Å². The zero-order valence-electron chi connectivity index (χ0n) is 9.79. The molecular weight excluding hydrogens is 196 g/mol. The number of hydrogen-bond donors (Lipinski definition) is 0. The molecule has 2 aromatic rings. The van der Waals surface area contributed by atoms with Crippen molar-refractivity contribution in [2.45, 2.75) is 26.7 Å². The van der Waals surface area contributed by atoms with Crippen LogP contribution in [0.5, 0.6) is 0 Å². The van der Waals surface area contributed by atoms with Crippen LogP contribution in [0.15, 0.2) is 30.3 Å². The molecule has 0 spiro atoms. The lowest BCUT2D eigenvalue weighted by molar-refractivity contribution is 0.112. The lowest BCUT2D eigenvalue weighted by Crippen LogP contribution is -1.95. The van der Waals surface area contributed by atoms with Gasteiger partial charge in [-0.2, -0.15) is 0 Å². The zero-order chi connectivity index (χ0) is 11.5. The molecule has 0 bridgehead atoms. The minimum Gasteiger partial charge on any atom is -0.298 e. The number of rotatable bonds is 3. The van der Waals surface area contributed by atoms with Crippen molar-refractivity contribution in [2.24, 2.45) is 0 Å². The molecule has 0 saturated carbocycles. The van der Waals surface area contributed by atoms with Crippen molar-refractivity contribution in [3.05, 3.63) is 47.0 Å². The van der Waals surface area contributed by atoms with E-state index in [1.807, 2.05) is 12.1 Å². The van der Waals surface area contributed by atoms with E-state index in [1.165, 1.54) is 21.9 Å². The summed E-state index contributed by atoms with van der Waals surface area (Å²) in [6.07, 6.45) is 2.87. The van der Waals surface area contributed by atoms with Gasteiger partial charge in [0, 0.05) is 5.56 Å². The molecule has 2 aromatic carbocycles. The molecule has 82 valence electrons. The molecule has 1 nitrogen and oxygen atoms in total. The average molecular weight is 212 g/mol. The Morgan fingerprint density at radius 3 is 2.50 bits per heavy atom. The van der Waals surface area contributed by atoms with Gasteiger partial charge < -0.3 is 0 Å². The van der Waals surface area contributed by atoms with E-state index in [9.17, 15) is 4.79 Å². The third kappa shape index (κ3) is 1.63. The predicted octanol–water partition coefficient (Wildman–Crippen LogP) is 3.78. The Hall–Kier alpha value is -1.63. The number of carbonyl (C=O) groups excluding carboxylic acids is 1. The van der Waals surface area contributed by atoms with E-state index < -0.39 is 0 Å². The van der Waals surface area contributed by atoms with Crippen molar-refractivity contribution < 1.29 is 4.79 Å². The van der Waals surface area contributed by atoms with E-state index in [4.69, 9.17) is 0 Å². The Kier molecular flexibility index (Phi) is 3.04. The Morgan fingerprint density at radius 1 is 1.06 bits per heavy atom. The van der Waals surface area contributed by atoms with E-state index in [2.05, 4.69) is 32.0 Å². The second-order valence-corrected chi connectivity index (χ2v) is 3.97. The van der Waals surface area contributed by atoms with Crippen LogP contribution in [-0.2, 0) is 12.8 Å². The second kappa shape index (κ2) is 4.48. The van der Waals surface area contributed by atoms with Crippen molar-refractivity contribution in [1.29, 1.82) is 0 Å². The van der Waals surface area contributed by atoms with Gasteiger partial charge in [0.25, 0.3) is 0 Å². The first kappa shape index (κ1) is 10.9. The van der Waals surface area contributed by atoms with Crippen LogP contribution in [0.2, 0.25) is 0 Å². The van der Waals surface area contributed by atoms with Gasteiger partial charge in [0.05, 0.1) is 0 Å². The molecule has 0 saturated heterocycles. The fraction of sp³-hybridized carbons (Fsp3) is 0.267. The molecule has 0 aliphatic carbocycles. The number of benzene rings is 2. The highest BCUT2D eigenvalue weighted by atomic mass is 16.1. The van der Waals surface area contributed by atoms with Crippen LogP contribution in [0, 0.1) is 0 Å². The molecule has 2 rings (SSSR count). The lowest BCUT2D eigenvalue weighted by atomic mass is 9.93. The largest absolute Gasteiger partial charge is 0.298 e. The standard InChI is InChI=1S/C15H16O/c1-3-11-6-5-7-12-8-9-13(10-16)14(4-2)15(11)12/h5-10H,3-4H2,1-2H3. The summed E-state index contributed by atoms with van der Waals surface area (Å²) in [6.45, 7) is 4.26. The number of fused-ring (bicyclic) bond motifs is 1. The summed E-state index contributed by atoms with van der Waals surface area (Å²) in [5.74, 6) is 0. The molecule has 1 heteroatoms. The number of aryl methyl sites for hydroxylation is 2. The summed E-state index contributed by atoms with van der Waals surface area (Å²) >= 11 is 0. The van der Waals surface area contributed by atoms with Crippen LogP contribution in [0.25, 0.3) is 10.8 Å². The Morgan fingerprint density at radius 2 is 1.88 bits per heavy atom. The van der Waals surface area contributed by atoms with Crippen LogP contribution in [0.4, 0.5) is 0 Å². The lowest BCUT2D eigenvalue weighted by Gasteiger charge is -2.11. The van der Waals surface area contributed by atoms with Gasteiger partial charge in [0.15, 0.2) is 0 Å². The predicted molar refractivity (Wildman–Crippen MR) is 68.1 cm³/mol. The molecule has 0 atom stereocenters. The SMILES string of the molecule is CCc1cccc2ccc(C=O)c(CC)c12. The van der Waals surface area contributed by atoms with Crippen molar-refractivity contribution in [1.82, 2.24) is 0 Å². The quantitative estimate of drug-likeness (QED) is 0.708. The van der Waals surface area contributed by atoms with Crippen molar-refractivity contribution in [3.63, 3.8) is 0 Å². The number of aldehydes is 1. The molecule has 0 heterocycles. The average Bonchev–Trinajstić information content (AvgIpc) is 2.36. The van der Waals surface area contributed by atoms with E-state index in [0.717, 1.165) is 24.7 Å². The molecule has 0 fully saturated rings. The van der Waals surface area contributed by atoms with Crippen LogP contribution in [0.3, 0.4) is 0 Å². The molecular formula is C15H16O. The van der Waals surface area contributed by atoms with Crippen molar-refractivity contribution in [3.8, 4) is 0 Å². The fourth-order valence-electron chi connectivity index (χ4n) is 2.34. The van der Waals surface area contributed by atoms with Gasteiger partial charge in [-0.1, -0.05) is 44.2 Å². The van der Waals surface area contributed by atoms with Gasteiger partial charge >= 0.3 is 0 Å². The Labute approximate surface area is 96.1 Å². The molecule has 0 aliphatic rings. The van der Waals surface area contributed by atoms with Gasteiger partial charge in [-0.05, 0) is 34.7 Å². The zero-order valence-corrected chi connectivity index (χ0v) is 9.79. The first-order valence-corrected chi connectivity index (χ1v) is 5.80. The minimum absolute atomic E-state index is 0.830. The molecule has 0 amide bonds. The summed E-state index contributed by atoms with van der Waals surface area (Å²) < 4.78 is 0. The Bertz CT molecular complexity index is 526. The van der Waals surface area contributed by atoms with E-state index in [0.29, 0.717) is 0 Å². The molecule has 0 aromatic heterocycles. The summed E-state index contributed by atoms with van der Waals surface area (Å²) in [6, 6.07) is 10.3. The maximum absolute atomic E-state index is 11.0. The number of carbonyl (C=O) groups is 1. The second-order valence-electron chi connectivity index (χ2n) is 3.97. The summed E-state index contributed by atoms with van der Waals surface area (Å²) in [7, 11) is 0. The first-order chi connectivity index (χ1) is 7.81. The van der Waals surface area contributed by atoms with E-state index in [-0.39, 0.29) is 0 Å². The smallest absolute Gasteiger partial charge is 0.150 e. The van der Waals surface area contributed by atoms with Crippen LogP contribution < -0.4 is 0 Å². The monoisotopic (exact) mass is 212 g/mol. The van der Waals surface area contributed by atoms with Gasteiger partial charge in [0.2, 0.25) is 0 Å². The third-order valence-electron chi connectivity index (χ3n) is 3.14. The summed E-state index contributed by atoms with van der Waals surface area (Å²) in [5, 5.41) is 2.51. The summed E-state index contributed by atoms with van der Waals surface area (Å²) in [5.41, 5.74) is 3.35. The van der Waals surface area contributed by atoms with Gasteiger partial charge in [-0.15, -0.1) is 0 Å². The molecule has 0 unspecified atom stereocenters. The van der Waals surface area contributed by atoms with Crippen LogP contribution in [-0.4, -0.2) is 6.29 Å². The summed E-state index contributed by atoms with van der Waals surface area (Å²) in [4.78, 5) is 11.0. The molecule has 0 N–H and O–H groups in total. The van der Waals surface area contributed by atoms with Gasteiger partial charge in [0.1, 0.15) is 6.29 Å². The third-order valence-corrected chi connectivity index (χ3v) is 3.14. The Balaban J connectivity index is 2.88. The maximum atomic E-state index is 11.0. The number of hydrogen-bond acceptors (Lipinski definition) is 1. The fourth-order valence-corrected chi connectivity index (χ4v) is 2.34. The normalized spacial score (nSPS) is 10.6. The highest BCUT2D eigenvalue weighted by Crippen LogP contribution is 2.26. The highest BCUT2D eigenvalue weighted by molar-refractivity contribution is 5.95. The molecule has 16 heavy (non-hydrogen) atoms. The van der Waals surface area contributed by atoms with Gasteiger partial charge in [-0.25, -0.2) is 0 Å². The maximum Gasteiger partial charge on any atom is 0.150 e. The van der Waals surface area contributed by atoms with Crippen molar-refractivity contribution >= 4 is 17.1 Å². The van der Waals surface area contributed by atoms with Crippen LogP contribution in [0.1, 0.15) is 35.3 Å². The van der Waals surface area contributed by atoms with E-state index in [1.54, 1.807) is 0 Å². The minimum atomic E-state index is 0.830.